The van der Waals surface area contributed by atoms with E-state index in [4.69, 9.17) is 20.7 Å². The lowest BCUT2D eigenvalue weighted by atomic mass is 10.0. The van der Waals surface area contributed by atoms with Gasteiger partial charge in [0, 0.05) is 18.5 Å². The van der Waals surface area contributed by atoms with Gasteiger partial charge >= 0.3 is 18.0 Å². The molecule has 0 spiro atoms. The number of carbonyl (C=O) groups excluding carboxylic acids is 2. The van der Waals surface area contributed by atoms with Gasteiger partial charge in [-0.15, -0.1) is 0 Å². The first-order chi connectivity index (χ1) is 12.1. The Morgan fingerprint density at radius 2 is 1.88 bits per heavy atom. The van der Waals surface area contributed by atoms with E-state index < -0.39 is 36.2 Å². The molecule has 1 aromatic rings. The molecule has 0 aliphatic rings. The molecule has 10 heteroatoms. The largest absolute Gasteiger partial charge is 0.481 e. The SMILES string of the molecule is C[C@@](Cc1ccc(N)cc1)(NC(=O)N[C@@H](CCC(=O)O)C(=O)O)OC=O. The normalized spacial score (nSPS) is 13.7. The molecule has 0 bridgehead atoms. The van der Waals surface area contributed by atoms with Gasteiger partial charge in [-0.1, -0.05) is 12.1 Å². The fourth-order valence-electron chi connectivity index (χ4n) is 2.21. The Morgan fingerprint density at radius 1 is 1.27 bits per heavy atom. The molecule has 6 N–H and O–H groups in total. The smallest absolute Gasteiger partial charge is 0.326 e. The van der Waals surface area contributed by atoms with Crippen LogP contribution in [-0.4, -0.2) is 46.4 Å². The maximum Gasteiger partial charge on any atom is 0.326 e. The molecule has 0 heterocycles. The number of anilines is 1. The minimum absolute atomic E-state index is 0.103. The summed E-state index contributed by atoms with van der Waals surface area (Å²) in [5, 5.41) is 22.2. The van der Waals surface area contributed by atoms with E-state index in [1.807, 2.05) is 0 Å². The first kappa shape index (κ1) is 20.7. The van der Waals surface area contributed by atoms with Crippen molar-refractivity contribution in [1.29, 1.82) is 0 Å². The monoisotopic (exact) mass is 367 g/mol. The fraction of sp³-hybridized carbons (Fsp3) is 0.375. The van der Waals surface area contributed by atoms with Crippen molar-refractivity contribution in [2.75, 3.05) is 5.73 Å². The number of carboxylic acid groups (broad SMARTS) is 2. The van der Waals surface area contributed by atoms with Crippen molar-refractivity contribution in [3.8, 4) is 0 Å². The van der Waals surface area contributed by atoms with Crippen LogP contribution in [0.4, 0.5) is 10.5 Å². The van der Waals surface area contributed by atoms with Crippen molar-refractivity contribution < 1.29 is 34.1 Å². The number of hydrogen-bond donors (Lipinski definition) is 5. The zero-order chi connectivity index (χ0) is 19.7. The third kappa shape index (κ3) is 7.07. The number of nitrogen functional groups attached to an aromatic ring is 1. The Balaban J connectivity index is 2.78. The van der Waals surface area contributed by atoms with Crippen molar-refractivity contribution in [1.82, 2.24) is 10.6 Å². The molecule has 1 aromatic carbocycles. The summed E-state index contributed by atoms with van der Waals surface area (Å²) in [6, 6.07) is 4.35. The van der Waals surface area contributed by atoms with Gasteiger partial charge in [0.2, 0.25) is 0 Å². The zero-order valence-electron chi connectivity index (χ0n) is 14.1. The van der Waals surface area contributed by atoms with Gasteiger partial charge in [0.15, 0.2) is 5.72 Å². The van der Waals surface area contributed by atoms with E-state index >= 15 is 0 Å². The lowest BCUT2D eigenvalue weighted by molar-refractivity contribution is -0.145. The molecule has 142 valence electrons. The van der Waals surface area contributed by atoms with Crippen LogP contribution in [0.2, 0.25) is 0 Å². The van der Waals surface area contributed by atoms with Crippen molar-refractivity contribution in [3.05, 3.63) is 29.8 Å². The number of aliphatic carboxylic acids is 2. The van der Waals surface area contributed by atoms with E-state index in [-0.39, 0.29) is 19.3 Å². The molecule has 2 atom stereocenters. The number of hydrogen-bond acceptors (Lipinski definition) is 6. The number of nitrogens with two attached hydrogens (primary N) is 1. The van der Waals surface area contributed by atoms with Gasteiger partial charge in [0.05, 0.1) is 0 Å². The maximum atomic E-state index is 12.1. The van der Waals surface area contributed by atoms with Crippen LogP contribution in [0.25, 0.3) is 0 Å². The zero-order valence-corrected chi connectivity index (χ0v) is 14.1. The molecule has 0 unspecified atom stereocenters. The summed E-state index contributed by atoms with van der Waals surface area (Å²) in [5.41, 5.74) is 5.41. The van der Waals surface area contributed by atoms with Crippen molar-refractivity contribution in [2.45, 2.75) is 38.0 Å². The predicted octanol–water partition coefficient (Wildman–Crippen LogP) is 0.318. The number of carbonyl (C=O) groups is 4. The Hall–Kier alpha value is -3.30. The van der Waals surface area contributed by atoms with Crippen molar-refractivity contribution >= 4 is 30.1 Å². The van der Waals surface area contributed by atoms with Crippen LogP contribution >= 0.6 is 0 Å². The highest BCUT2D eigenvalue weighted by Crippen LogP contribution is 2.16. The average Bonchev–Trinajstić information content (AvgIpc) is 2.53. The van der Waals surface area contributed by atoms with E-state index in [0.717, 1.165) is 0 Å². The molecular weight excluding hydrogens is 346 g/mol. The van der Waals surface area contributed by atoms with Crippen LogP contribution < -0.4 is 16.4 Å². The van der Waals surface area contributed by atoms with Gasteiger partial charge in [-0.2, -0.15) is 0 Å². The number of nitrogens with one attached hydrogen (secondary N) is 2. The van der Waals surface area contributed by atoms with E-state index in [1.165, 1.54) is 6.92 Å². The lowest BCUT2D eigenvalue weighted by Gasteiger charge is -2.29. The molecule has 0 saturated carbocycles. The van der Waals surface area contributed by atoms with E-state index in [1.54, 1.807) is 24.3 Å². The van der Waals surface area contributed by atoms with E-state index in [0.29, 0.717) is 11.3 Å². The quantitative estimate of drug-likeness (QED) is 0.224. The molecule has 0 fully saturated rings. The van der Waals surface area contributed by atoms with Gasteiger partial charge in [-0.3, -0.25) is 9.59 Å². The summed E-state index contributed by atoms with van der Waals surface area (Å²) in [6.45, 7) is 1.60. The fourth-order valence-corrected chi connectivity index (χ4v) is 2.21. The summed E-state index contributed by atoms with van der Waals surface area (Å²) in [6.07, 6.45) is -0.613. The molecule has 10 nitrogen and oxygen atoms in total. The van der Waals surface area contributed by atoms with Gasteiger partial charge in [-0.25, -0.2) is 9.59 Å². The number of ether oxygens (including phenoxy) is 1. The van der Waals surface area contributed by atoms with Crippen molar-refractivity contribution in [3.63, 3.8) is 0 Å². The standard InChI is InChI=1S/C16H21N3O7/c1-16(26-9-20,8-10-2-4-11(17)5-3-10)19-15(25)18-12(14(23)24)6-7-13(21)22/h2-5,9,12H,6-8,17H2,1H3,(H,21,22)(H,23,24)(H2,18,19,25)/t12-,16+/m0/s1. The van der Waals surface area contributed by atoms with Crippen LogP contribution in [0.15, 0.2) is 24.3 Å². The Kier molecular flexibility index (Phi) is 7.38. The summed E-state index contributed by atoms with van der Waals surface area (Å²) in [7, 11) is 0. The Bertz CT molecular complexity index is 662. The predicted molar refractivity (Wildman–Crippen MR) is 90.1 cm³/mol. The number of rotatable bonds is 10. The number of urea groups is 1. The molecule has 26 heavy (non-hydrogen) atoms. The maximum absolute atomic E-state index is 12.1. The van der Waals surface area contributed by atoms with Crippen LogP contribution in [0, 0.1) is 0 Å². The van der Waals surface area contributed by atoms with Crippen LogP contribution in [0.5, 0.6) is 0 Å². The summed E-state index contributed by atoms with van der Waals surface area (Å²) < 4.78 is 4.95. The molecule has 0 aliphatic carbocycles. The van der Waals surface area contributed by atoms with Crippen molar-refractivity contribution in [2.24, 2.45) is 0 Å². The summed E-state index contributed by atoms with van der Waals surface area (Å²) in [5.74, 6) is -2.56. The second-order valence-corrected chi connectivity index (χ2v) is 5.78. The molecule has 0 aliphatic heterocycles. The van der Waals surface area contributed by atoms with Gasteiger partial charge in [-0.05, 0) is 31.0 Å². The van der Waals surface area contributed by atoms with E-state index in [9.17, 15) is 19.2 Å². The Labute approximate surface area is 149 Å². The minimum Gasteiger partial charge on any atom is -0.481 e. The van der Waals surface area contributed by atoms with Crippen LogP contribution in [0.3, 0.4) is 0 Å². The highest BCUT2D eigenvalue weighted by molar-refractivity contribution is 5.83. The second-order valence-electron chi connectivity index (χ2n) is 5.78. The van der Waals surface area contributed by atoms with Crippen LogP contribution in [-0.2, 0) is 25.5 Å². The Morgan fingerprint density at radius 3 is 2.38 bits per heavy atom. The highest BCUT2D eigenvalue weighted by atomic mass is 16.6. The molecule has 0 saturated heterocycles. The van der Waals surface area contributed by atoms with Gasteiger partial charge < -0.3 is 31.3 Å². The molecule has 0 aromatic heterocycles. The molecule has 0 radical (unpaired) electrons. The van der Waals surface area contributed by atoms with Crippen LogP contribution in [0.1, 0.15) is 25.3 Å². The molecular formula is C16H21N3O7. The lowest BCUT2D eigenvalue weighted by Crippen LogP contribution is -2.56. The third-order valence-electron chi connectivity index (χ3n) is 3.46. The van der Waals surface area contributed by atoms with Gasteiger partial charge in [0.25, 0.3) is 6.47 Å². The minimum atomic E-state index is -1.45. The first-order valence-corrected chi connectivity index (χ1v) is 7.64. The number of carboxylic acids is 2. The van der Waals surface area contributed by atoms with E-state index in [2.05, 4.69) is 10.6 Å². The third-order valence-corrected chi connectivity index (χ3v) is 3.46. The first-order valence-electron chi connectivity index (χ1n) is 7.64. The average molecular weight is 367 g/mol. The topological polar surface area (TPSA) is 168 Å². The number of amides is 2. The summed E-state index contributed by atoms with van der Waals surface area (Å²) in [4.78, 5) is 44.6. The molecule has 2 amide bonds. The number of benzene rings is 1. The summed E-state index contributed by atoms with van der Waals surface area (Å²) >= 11 is 0. The second kappa shape index (κ2) is 9.25. The molecule has 1 rings (SSSR count). The highest BCUT2D eigenvalue weighted by Gasteiger charge is 2.30. The van der Waals surface area contributed by atoms with Gasteiger partial charge in [0.1, 0.15) is 6.04 Å².